The monoisotopic (exact) mass is 990 g/mol. The summed E-state index contributed by atoms with van der Waals surface area (Å²) in [5.41, 5.74) is 14.9. The van der Waals surface area contributed by atoms with E-state index in [-0.39, 0.29) is 27.5 Å². The summed E-state index contributed by atoms with van der Waals surface area (Å²) < 4.78 is 27.5. The van der Waals surface area contributed by atoms with Crippen LogP contribution in [0.3, 0.4) is 0 Å². The first-order valence-electron chi connectivity index (χ1n) is 25.9. The lowest BCUT2D eigenvalue weighted by Gasteiger charge is -2.13. The second-order valence-corrected chi connectivity index (χ2v) is 19.1. The fourth-order valence-electron chi connectivity index (χ4n) is 10.1. The second kappa shape index (κ2) is 24.9. The van der Waals surface area contributed by atoms with E-state index in [0.717, 1.165) is 99.2 Å². The van der Waals surface area contributed by atoms with E-state index in [1.54, 1.807) is 18.2 Å². The van der Waals surface area contributed by atoms with Crippen LogP contribution in [0.5, 0.6) is 23.0 Å². The van der Waals surface area contributed by atoms with Gasteiger partial charge in [0, 0.05) is 29.9 Å². The van der Waals surface area contributed by atoms with Crippen LogP contribution in [0.15, 0.2) is 61.3 Å². The van der Waals surface area contributed by atoms with Gasteiger partial charge in [0.1, 0.15) is 5.75 Å². The molecule has 4 aromatic carbocycles. The Balaban J connectivity index is 0.686. The zero-order valence-electron chi connectivity index (χ0n) is 41.8. The molecule has 16 heteroatoms. The zero-order valence-corrected chi connectivity index (χ0v) is 41.8. The summed E-state index contributed by atoms with van der Waals surface area (Å²) in [5, 5.41) is 30.1. The van der Waals surface area contributed by atoms with E-state index in [1.807, 2.05) is 42.7 Å². The summed E-state index contributed by atoms with van der Waals surface area (Å²) >= 11 is 0. The predicted octanol–water partition coefficient (Wildman–Crippen LogP) is 11.1. The highest BCUT2D eigenvalue weighted by Crippen LogP contribution is 2.41. The number of fused-ring (bicyclic) bond motifs is 5. The number of aromatic nitrogens is 2. The molecule has 7 aromatic rings. The van der Waals surface area contributed by atoms with Crippen molar-refractivity contribution in [1.82, 2.24) is 9.13 Å². The molecule has 0 unspecified atom stereocenters. The number of benzene rings is 3. The van der Waals surface area contributed by atoms with Crippen molar-refractivity contribution in [3.63, 3.8) is 0 Å². The standard InChI is InChI=1S/C56H70N4O12/c1-35-47(57)45-39(28-27-37-49(63)52(66)55(56(67)68)72-53(37)45)59(35)29-21-15-11-7-3-5-9-13-17-23-31-69-41-25-19-20-26-42(41)70-32-24-18-14-10-6-4-8-12-16-22-30-60-36(2)48(58)46-40(60)33-38-44(51(65)50(38)64)54(46)71-34-43(61)62/h19-20,25-28,33,66H,3-18,21-24,29-32,34,57-58H2,1-2H3,(H,61,62)(H,67,68). The molecule has 386 valence electrons. The number of carboxylic acid groups (broad SMARTS) is 2. The van der Waals surface area contributed by atoms with Crippen LogP contribution in [0.4, 0.5) is 11.4 Å². The quantitative estimate of drug-likeness (QED) is 0.0195. The van der Waals surface area contributed by atoms with E-state index in [0.29, 0.717) is 47.4 Å². The minimum absolute atomic E-state index is 0.0755. The van der Waals surface area contributed by atoms with Crippen molar-refractivity contribution < 1.29 is 43.5 Å². The Morgan fingerprint density at radius 3 is 1.53 bits per heavy atom. The number of hydrogen-bond donors (Lipinski definition) is 5. The Labute approximate surface area is 418 Å². The van der Waals surface area contributed by atoms with Gasteiger partial charge >= 0.3 is 11.9 Å². The molecule has 0 atom stereocenters. The maximum absolute atomic E-state index is 12.7. The highest BCUT2D eigenvalue weighted by atomic mass is 16.5. The first-order chi connectivity index (χ1) is 34.8. The van der Waals surface area contributed by atoms with Crippen molar-refractivity contribution in [1.29, 1.82) is 0 Å². The van der Waals surface area contributed by atoms with Gasteiger partial charge in [0.15, 0.2) is 23.7 Å². The number of aromatic hydroxyl groups is 1. The number of nitrogen functional groups attached to an aromatic ring is 2. The summed E-state index contributed by atoms with van der Waals surface area (Å²) in [6.07, 6.45) is 22.5. The molecule has 0 aliphatic carbocycles. The number of nitrogens with zero attached hydrogens (tertiary/aromatic N) is 2. The summed E-state index contributed by atoms with van der Waals surface area (Å²) in [4.78, 5) is 60.1. The zero-order chi connectivity index (χ0) is 51.3. The van der Waals surface area contributed by atoms with Gasteiger partial charge in [0.25, 0.3) is 5.76 Å². The summed E-state index contributed by atoms with van der Waals surface area (Å²) in [6.45, 7) is 5.93. The molecule has 7 rings (SSSR count). The Kier molecular flexibility index (Phi) is 18.3. The molecule has 0 amide bonds. The molecule has 0 radical (unpaired) electrons. The first-order valence-corrected chi connectivity index (χ1v) is 25.9. The molecule has 0 spiro atoms. The minimum atomic E-state index is -1.52. The number of unbranched alkanes of at least 4 members (excludes halogenated alkanes) is 18. The molecule has 0 fully saturated rings. The molecular weight excluding hydrogens is 921 g/mol. The van der Waals surface area contributed by atoms with Gasteiger partial charge in [0.2, 0.25) is 22.0 Å². The number of carbonyl (C=O) groups is 2. The van der Waals surface area contributed by atoms with Crippen molar-refractivity contribution in [2.75, 3.05) is 31.3 Å². The van der Waals surface area contributed by atoms with Crippen LogP contribution in [-0.2, 0) is 17.9 Å². The lowest BCUT2D eigenvalue weighted by atomic mass is 10.0. The van der Waals surface area contributed by atoms with Gasteiger partial charge in [-0.1, -0.05) is 115 Å². The summed E-state index contributed by atoms with van der Waals surface area (Å²) in [7, 11) is 0. The molecule has 16 nitrogen and oxygen atoms in total. The smallest absolute Gasteiger partial charge is 0.375 e. The van der Waals surface area contributed by atoms with Crippen molar-refractivity contribution >= 4 is 66.9 Å². The molecule has 3 heterocycles. The van der Waals surface area contributed by atoms with Crippen molar-refractivity contribution in [2.45, 2.75) is 155 Å². The third kappa shape index (κ3) is 12.0. The normalized spacial score (nSPS) is 11.8. The molecule has 3 aromatic heterocycles. The average Bonchev–Trinajstić information content (AvgIpc) is 3.76. The van der Waals surface area contributed by atoms with E-state index < -0.39 is 46.3 Å². The number of aryl methyl sites for hydroxylation is 2. The van der Waals surface area contributed by atoms with Crippen molar-refractivity contribution in [3.8, 4) is 23.0 Å². The van der Waals surface area contributed by atoms with Crippen LogP contribution in [0.1, 0.15) is 150 Å². The maximum atomic E-state index is 12.7. The second-order valence-electron chi connectivity index (χ2n) is 19.1. The third-order valence-corrected chi connectivity index (χ3v) is 14.1. The van der Waals surface area contributed by atoms with Crippen molar-refractivity contribution in [2.24, 2.45) is 0 Å². The Bertz CT molecular complexity index is 3150. The van der Waals surface area contributed by atoms with Gasteiger partial charge in [0.05, 0.1) is 57.2 Å². The lowest BCUT2D eigenvalue weighted by Crippen LogP contribution is -2.31. The van der Waals surface area contributed by atoms with Gasteiger partial charge in [-0.25, -0.2) is 9.59 Å². The SMILES string of the molecule is Cc1c(N)c2c(OCC(=O)O)c3c(=O)c(=O)c3cc2n1CCCCCCCCCCCCOc1ccccc1OCCCCCCCCCCCCn1c(C)c(N)c2c3oc(C(=O)O)c(O)c(=O)c3ccc21. The number of para-hydroxylation sites is 2. The van der Waals surface area contributed by atoms with Crippen molar-refractivity contribution in [3.05, 3.63) is 90.3 Å². The predicted molar refractivity (Wildman–Crippen MR) is 282 cm³/mol. The van der Waals surface area contributed by atoms with E-state index in [2.05, 4.69) is 4.57 Å². The third-order valence-electron chi connectivity index (χ3n) is 14.1. The number of carboxylic acids is 2. The van der Waals surface area contributed by atoms with Crippen LogP contribution in [0, 0.1) is 13.8 Å². The van der Waals surface area contributed by atoms with Gasteiger partial charge < -0.3 is 54.5 Å². The highest BCUT2D eigenvalue weighted by molar-refractivity contribution is 6.13. The molecular formula is C56H70N4O12. The topological polar surface area (TPSA) is 249 Å². The van der Waals surface area contributed by atoms with Gasteiger partial charge in [-0.15, -0.1) is 0 Å². The number of rotatable bonds is 32. The number of anilines is 2. The van der Waals surface area contributed by atoms with E-state index in [9.17, 15) is 39.3 Å². The largest absolute Gasteiger partial charge is 0.501 e. The highest BCUT2D eigenvalue weighted by Gasteiger charge is 2.27. The van der Waals surface area contributed by atoms with Crippen LogP contribution in [-0.4, -0.2) is 56.2 Å². The lowest BCUT2D eigenvalue weighted by molar-refractivity contribution is -0.139. The molecule has 0 saturated heterocycles. The van der Waals surface area contributed by atoms with E-state index in [1.165, 1.54) is 64.2 Å². The van der Waals surface area contributed by atoms with Crippen LogP contribution >= 0.6 is 0 Å². The molecule has 72 heavy (non-hydrogen) atoms. The fourth-order valence-corrected chi connectivity index (χ4v) is 10.1. The number of nitrogens with two attached hydrogens (primary N) is 2. The summed E-state index contributed by atoms with van der Waals surface area (Å²) in [6, 6.07) is 12.9. The van der Waals surface area contributed by atoms with Gasteiger partial charge in [-0.2, -0.15) is 0 Å². The van der Waals surface area contributed by atoms with Gasteiger partial charge in [-0.3, -0.25) is 14.4 Å². The number of aliphatic carboxylic acids is 1. The van der Waals surface area contributed by atoms with E-state index >= 15 is 0 Å². The molecule has 0 aliphatic heterocycles. The van der Waals surface area contributed by atoms with Crippen LogP contribution in [0.25, 0.3) is 43.5 Å². The van der Waals surface area contributed by atoms with Gasteiger partial charge in [-0.05, 0) is 69.9 Å². The first kappa shape index (κ1) is 52.8. The van der Waals surface area contributed by atoms with Crippen LogP contribution in [0.2, 0.25) is 0 Å². The molecule has 7 N–H and O–H groups in total. The number of aromatic carboxylic acids is 1. The Morgan fingerprint density at radius 2 is 1.03 bits per heavy atom. The molecule has 0 saturated carbocycles. The fraction of sp³-hybridized carbons (Fsp3) is 0.482. The summed E-state index contributed by atoms with van der Waals surface area (Å²) in [5.74, 6) is -2.72. The van der Waals surface area contributed by atoms with E-state index in [4.69, 9.17) is 30.1 Å². The maximum Gasteiger partial charge on any atom is 0.375 e. The average molecular weight is 991 g/mol. The molecule has 0 bridgehead atoms. The Hall–Kier alpha value is -6.97. The van der Waals surface area contributed by atoms with Crippen LogP contribution < -0.4 is 42.0 Å². The number of hydrogen-bond acceptors (Lipinski definition) is 12. The Morgan fingerprint density at radius 1 is 0.556 bits per heavy atom. The minimum Gasteiger partial charge on any atom is -0.501 e. The molecule has 0 aliphatic rings. The number of ether oxygens (including phenoxy) is 3.